The molecule has 12 N–H and O–H groups in total. The number of hydrazone groups is 1. The molecule has 5 unspecified atom stereocenters. The monoisotopic (exact) mass is 1040 g/mol. The van der Waals surface area contributed by atoms with Crippen molar-refractivity contribution >= 4 is 67.9 Å². The molecule has 4 aliphatic rings. The number of aliphatic hydroxyl groups is 3. The summed E-state index contributed by atoms with van der Waals surface area (Å²) in [6.45, 7) is 0.973. The number of nitrogens with zero attached hydrogens (tertiary/aromatic N) is 2. The number of rotatable bonds is 19. The van der Waals surface area contributed by atoms with E-state index in [-0.39, 0.29) is 72.4 Å². The van der Waals surface area contributed by atoms with Crippen LogP contribution in [0.3, 0.4) is 0 Å². The average molecular weight is 1040 g/mol. The third-order valence-electron chi connectivity index (χ3n) is 12.6. The first-order valence-corrected chi connectivity index (χ1v) is 26.1. The van der Waals surface area contributed by atoms with Crippen LogP contribution in [-0.2, 0) is 48.9 Å². The summed E-state index contributed by atoms with van der Waals surface area (Å²) >= 11 is 0.866. The standard InChI is InChI=1S/C42H54N4O21P2S/c1-19-35(51)22(43)14-30(65-19)66-24-17-42(57,16-21-32(24)39(55)34-33(37(21)53)36(52)20-8-7-9-23(64-3)31(20)38(34)54)26(18-47)44-45-27(48)10-5-4-6-12-46-28(49)15-25(40(46)56)70-13-11-29(50)67-41(2,68(58,59)60)69(61,62)63/h7-9,19,22,24-25,30,35,47,51,53,55,57H,4-6,10-18,43H2,1-3H3,(H,45,48)(H2,58,59,60)(H2,61,62,63)/b44-26+/t19?,22?,24-,25?,30-,35?,42?/m1/s1. The first kappa shape index (κ1) is 54.7. The number of methoxy groups -OCH3 is 1. The predicted octanol–water partition coefficient (Wildman–Crippen LogP) is 0.288. The van der Waals surface area contributed by atoms with Crippen molar-refractivity contribution in [2.45, 2.75) is 118 Å². The first-order valence-electron chi connectivity index (χ1n) is 21.8. The molecule has 3 amide bonds. The summed E-state index contributed by atoms with van der Waals surface area (Å²) in [7, 11) is -9.97. The zero-order valence-corrected chi connectivity index (χ0v) is 40.5. The topological polar surface area (TPSA) is 409 Å². The Bertz CT molecular complexity index is 2550. The number of benzene rings is 2. The van der Waals surface area contributed by atoms with Crippen LogP contribution in [0.15, 0.2) is 23.3 Å². The Morgan fingerprint density at radius 3 is 2.31 bits per heavy atom. The average Bonchev–Trinajstić information content (AvgIpc) is 3.54. The van der Waals surface area contributed by atoms with E-state index in [1.165, 1.54) is 25.3 Å². The Labute approximate surface area is 403 Å². The third kappa shape index (κ3) is 10.7. The highest BCUT2D eigenvalue weighted by atomic mass is 32.2. The molecular formula is C42H54N4O21P2S. The molecule has 2 aliphatic heterocycles. The van der Waals surface area contributed by atoms with Crippen molar-refractivity contribution in [3.63, 3.8) is 0 Å². The summed E-state index contributed by atoms with van der Waals surface area (Å²) in [4.78, 5) is 117. The number of hydrogen-bond acceptors (Lipinski definition) is 20. The van der Waals surface area contributed by atoms with E-state index >= 15 is 0 Å². The quantitative estimate of drug-likeness (QED) is 0.0146. The summed E-state index contributed by atoms with van der Waals surface area (Å²) in [6.07, 6.45) is -5.89. The minimum Gasteiger partial charge on any atom is -0.507 e. The van der Waals surface area contributed by atoms with Gasteiger partial charge in [0.05, 0.1) is 66.1 Å². The van der Waals surface area contributed by atoms with Crippen LogP contribution in [0.5, 0.6) is 17.2 Å². The van der Waals surface area contributed by atoms with Crippen LogP contribution in [0.2, 0.25) is 0 Å². The number of ketones is 2. The molecular weight excluding hydrogens is 990 g/mol. The molecule has 0 aromatic heterocycles. The number of ether oxygens (including phenoxy) is 4. The predicted molar refractivity (Wildman–Crippen MR) is 242 cm³/mol. The zero-order valence-electron chi connectivity index (χ0n) is 37.9. The number of phenols is 2. The zero-order chi connectivity index (χ0) is 51.8. The Morgan fingerprint density at radius 2 is 1.69 bits per heavy atom. The fourth-order valence-electron chi connectivity index (χ4n) is 8.67. The lowest BCUT2D eigenvalue weighted by atomic mass is 9.71. The van der Waals surface area contributed by atoms with Gasteiger partial charge in [-0.15, -0.1) is 11.8 Å². The van der Waals surface area contributed by atoms with E-state index in [0.717, 1.165) is 16.7 Å². The second-order valence-electron chi connectivity index (χ2n) is 17.3. The molecule has 0 radical (unpaired) electrons. The fraction of sp³-hybridized carbons (Fsp3) is 0.548. The smallest absolute Gasteiger partial charge is 0.381 e. The van der Waals surface area contributed by atoms with Crippen LogP contribution in [0.25, 0.3) is 0 Å². The van der Waals surface area contributed by atoms with Crippen LogP contribution in [-0.4, -0.2) is 157 Å². The van der Waals surface area contributed by atoms with Gasteiger partial charge in [-0.2, -0.15) is 5.10 Å². The molecule has 0 bridgehead atoms. The van der Waals surface area contributed by atoms with E-state index in [4.69, 9.17) is 19.9 Å². The summed E-state index contributed by atoms with van der Waals surface area (Å²) < 4.78 is 45.3. The number of carbonyl (C=O) groups is 6. The second kappa shape index (κ2) is 21.2. The normalized spacial score (nSPS) is 25.1. The van der Waals surface area contributed by atoms with Gasteiger partial charge in [0.25, 0.3) is 0 Å². The van der Waals surface area contributed by atoms with Crippen molar-refractivity contribution in [3.8, 4) is 17.2 Å². The third-order valence-corrected chi connectivity index (χ3v) is 17.8. The van der Waals surface area contributed by atoms with Gasteiger partial charge in [-0.05, 0) is 32.8 Å². The maximum absolute atomic E-state index is 14.0. The van der Waals surface area contributed by atoms with E-state index in [0.29, 0.717) is 13.3 Å². The maximum Gasteiger partial charge on any atom is 0.381 e. The van der Waals surface area contributed by atoms with E-state index in [1.807, 2.05) is 0 Å². The number of nitrogens with one attached hydrogen (secondary N) is 1. The maximum atomic E-state index is 14.0. The van der Waals surface area contributed by atoms with E-state index in [9.17, 15) is 83.0 Å². The van der Waals surface area contributed by atoms with Gasteiger partial charge in [0.1, 0.15) is 22.8 Å². The molecule has 7 atom stereocenters. The van der Waals surface area contributed by atoms with E-state index < -0.39 is 151 Å². The number of thioether (sulfide) groups is 1. The molecule has 2 saturated heterocycles. The van der Waals surface area contributed by atoms with Crippen molar-refractivity contribution in [1.82, 2.24) is 10.3 Å². The lowest BCUT2D eigenvalue weighted by Crippen LogP contribution is -2.53. The summed E-state index contributed by atoms with van der Waals surface area (Å²) in [6, 6.07) is 3.43. The van der Waals surface area contributed by atoms with Gasteiger partial charge in [0.2, 0.25) is 23.5 Å². The number of nitrogens with two attached hydrogens (primary N) is 1. The molecule has 2 aliphatic carbocycles. The summed E-state index contributed by atoms with van der Waals surface area (Å²) in [5.74, 6) is -6.45. The highest BCUT2D eigenvalue weighted by Crippen LogP contribution is 2.69. The molecule has 2 fully saturated rings. The molecule has 28 heteroatoms. The van der Waals surface area contributed by atoms with Crippen LogP contribution < -0.4 is 15.9 Å². The number of amides is 3. The number of unbranched alkanes of at least 4 members (excludes halogenated alkanes) is 2. The van der Waals surface area contributed by atoms with Gasteiger partial charge in [-0.1, -0.05) is 18.6 Å². The Balaban J connectivity index is 1.09. The number of carbonyl (C=O) groups excluding carboxylic acids is 6. The molecule has 0 spiro atoms. The number of imide groups is 1. The molecule has 6 rings (SSSR count). The number of aromatic hydroxyl groups is 2. The van der Waals surface area contributed by atoms with Gasteiger partial charge in [-0.25, -0.2) is 5.43 Å². The molecule has 384 valence electrons. The van der Waals surface area contributed by atoms with Gasteiger partial charge < -0.3 is 69.8 Å². The lowest BCUT2D eigenvalue weighted by Gasteiger charge is -2.43. The van der Waals surface area contributed by atoms with Crippen LogP contribution in [0.4, 0.5) is 0 Å². The highest BCUT2D eigenvalue weighted by Gasteiger charge is 2.60. The number of phenolic OH excluding ortho intramolecular Hbond substituents is 2. The summed E-state index contributed by atoms with van der Waals surface area (Å²) in [5, 5.41) is 56.6. The molecule has 2 aromatic carbocycles. The Kier molecular flexibility index (Phi) is 16.6. The van der Waals surface area contributed by atoms with E-state index in [2.05, 4.69) is 15.3 Å². The van der Waals surface area contributed by atoms with Crippen LogP contribution in [0.1, 0.15) is 114 Å². The van der Waals surface area contributed by atoms with Crippen molar-refractivity contribution in [1.29, 1.82) is 0 Å². The number of likely N-dealkylation sites (tertiary alicyclic amines) is 1. The van der Waals surface area contributed by atoms with Crippen LogP contribution >= 0.6 is 27.0 Å². The molecule has 2 heterocycles. The Hall–Kier alpha value is -4.66. The van der Waals surface area contributed by atoms with Crippen molar-refractivity contribution < 1.29 is 102 Å². The Morgan fingerprint density at radius 1 is 1.01 bits per heavy atom. The van der Waals surface area contributed by atoms with Crippen LogP contribution in [0, 0.1) is 0 Å². The largest absolute Gasteiger partial charge is 0.507 e. The highest BCUT2D eigenvalue weighted by molar-refractivity contribution is 8.00. The van der Waals surface area contributed by atoms with Crippen molar-refractivity contribution in [3.05, 3.63) is 51.6 Å². The lowest BCUT2D eigenvalue weighted by molar-refractivity contribution is -0.245. The van der Waals surface area contributed by atoms with E-state index in [1.54, 1.807) is 6.92 Å². The summed E-state index contributed by atoms with van der Waals surface area (Å²) in [5.41, 5.74) is 3.96. The second-order valence-corrected chi connectivity index (χ2v) is 22.9. The molecule has 0 saturated carbocycles. The van der Waals surface area contributed by atoms with Gasteiger partial charge in [0, 0.05) is 67.1 Å². The van der Waals surface area contributed by atoms with Gasteiger partial charge in [0.15, 0.2) is 12.1 Å². The number of esters is 1. The fourth-order valence-corrected chi connectivity index (χ4v) is 11.6. The molecule has 2 aromatic rings. The van der Waals surface area contributed by atoms with Gasteiger partial charge >= 0.3 is 26.2 Å². The number of aliphatic hydroxyl groups excluding tert-OH is 2. The molecule has 70 heavy (non-hydrogen) atoms. The number of fused-ring (bicyclic) bond motifs is 3. The first-order chi connectivity index (χ1) is 32.7. The van der Waals surface area contributed by atoms with Crippen molar-refractivity contribution in [2.75, 3.05) is 26.0 Å². The van der Waals surface area contributed by atoms with Crippen molar-refractivity contribution in [2.24, 2.45) is 10.8 Å². The minimum absolute atomic E-state index is 0.0186. The SMILES string of the molecule is COc1cccc2c1C(=O)c1c(O)c3c(c(O)c1C2=O)CC(O)(/C(CO)=N/NC(=O)CCCCCN1C(=O)CC(SCCC(=O)OC(C)(P(=O)(O)O)P(=O)(O)O)C1=O)C[C@H]3O[C@@H]1CC(N)C(O)C(C)O1. The van der Waals surface area contributed by atoms with Gasteiger partial charge in [-0.3, -0.25) is 42.8 Å². The minimum atomic E-state index is -5.63. The molecule has 25 nitrogen and oxygen atoms in total. The number of hydrogen-bond donors (Lipinski definition) is 11.